The number of rotatable bonds is 9. The van der Waals surface area contributed by atoms with Gasteiger partial charge < -0.3 is 29.2 Å². The zero-order valence-electron chi connectivity index (χ0n) is 24.6. The van der Waals surface area contributed by atoms with E-state index in [9.17, 15) is 14.7 Å². The normalized spacial score (nSPS) is 13.5. The number of pyridine rings is 1. The number of nitrogens with one attached hydrogen (secondary N) is 1. The summed E-state index contributed by atoms with van der Waals surface area (Å²) in [5.74, 6) is 1.57. The first-order valence-corrected chi connectivity index (χ1v) is 14.5. The molecule has 0 saturated carbocycles. The van der Waals surface area contributed by atoms with Crippen molar-refractivity contribution in [2.45, 2.75) is 19.8 Å². The van der Waals surface area contributed by atoms with E-state index in [-0.39, 0.29) is 17.2 Å². The summed E-state index contributed by atoms with van der Waals surface area (Å²) in [6, 6.07) is 24.1. The van der Waals surface area contributed by atoms with Gasteiger partial charge in [-0.1, -0.05) is 24.3 Å². The third kappa shape index (κ3) is 6.22. The van der Waals surface area contributed by atoms with Gasteiger partial charge in [0, 0.05) is 24.0 Å². The first-order valence-electron chi connectivity index (χ1n) is 14.5. The summed E-state index contributed by atoms with van der Waals surface area (Å²) in [6.45, 7) is 4.10. The highest BCUT2D eigenvalue weighted by atomic mass is 16.5. The van der Waals surface area contributed by atoms with Crippen molar-refractivity contribution >= 4 is 34.4 Å². The second kappa shape index (κ2) is 12.5. The molecule has 1 aliphatic rings. The number of carbonyl (C=O) groups excluding carboxylic acids is 1. The maximum Gasteiger partial charge on any atom is 0.335 e. The van der Waals surface area contributed by atoms with Crippen molar-refractivity contribution in [1.82, 2.24) is 4.98 Å². The van der Waals surface area contributed by atoms with Crippen LogP contribution in [0.25, 0.3) is 22.1 Å². The van der Waals surface area contributed by atoms with Crippen molar-refractivity contribution in [2.24, 2.45) is 5.92 Å². The van der Waals surface area contributed by atoms with Crippen molar-refractivity contribution in [3.05, 3.63) is 102 Å². The molecule has 0 aliphatic carbocycles. The number of hydrogen-bond acceptors (Lipinski definition) is 7. The van der Waals surface area contributed by atoms with Crippen LogP contribution in [0.1, 0.15) is 39.3 Å². The minimum atomic E-state index is -0.966. The van der Waals surface area contributed by atoms with Crippen LogP contribution < -0.4 is 19.7 Å². The summed E-state index contributed by atoms with van der Waals surface area (Å²) in [7, 11) is 1.64. The van der Waals surface area contributed by atoms with Gasteiger partial charge in [-0.2, -0.15) is 0 Å². The number of furan rings is 1. The van der Waals surface area contributed by atoms with Gasteiger partial charge in [0.2, 0.25) is 0 Å². The lowest BCUT2D eigenvalue weighted by Gasteiger charge is -2.32. The number of carboxylic acids is 1. The Morgan fingerprint density at radius 3 is 2.45 bits per heavy atom. The number of fused-ring (bicyclic) bond motifs is 1. The second-order valence-electron chi connectivity index (χ2n) is 10.9. The Morgan fingerprint density at radius 2 is 1.75 bits per heavy atom. The van der Waals surface area contributed by atoms with E-state index >= 15 is 0 Å². The predicted molar refractivity (Wildman–Crippen MR) is 169 cm³/mol. The van der Waals surface area contributed by atoms with Crippen LogP contribution in [0.2, 0.25) is 0 Å². The first-order chi connectivity index (χ1) is 21.4. The third-order valence-corrected chi connectivity index (χ3v) is 8.08. The molecule has 6 rings (SSSR count). The van der Waals surface area contributed by atoms with Crippen molar-refractivity contribution in [3.8, 4) is 22.6 Å². The van der Waals surface area contributed by atoms with Crippen molar-refractivity contribution in [1.29, 1.82) is 0 Å². The van der Waals surface area contributed by atoms with E-state index in [4.69, 9.17) is 13.9 Å². The Balaban J connectivity index is 1.04. The Morgan fingerprint density at radius 1 is 0.977 bits per heavy atom. The molecule has 2 aromatic heterocycles. The lowest BCUT2D eigenvalue weighted by atomic mass is 9.98. The molecule has 9 heteroatoms. The van der Waals surface area contributed by atoms with Crippen LogP contribution in [0, 0.1) is 12.8 Å². The second-order valence-corrected chi connectivity index (χ2v) is 10.9. The van der Waals surface area contributed by atoms with E-state index in [1.54, 1.807) is 37.6 Å². The maximum absolute atomic E-state index is 13.2. The minimum absolute atomic E-state index is 0.218. The van der Waals surface area contributed by atoms with Crippen molar-refractivity contribution in [2.75, 3.05) is 37.0 Å². The van der Waals surface area contributed by atoms with E-state index in [0.29, 0.717) is 29.5 Å². The number of ether oxygens (including phenoxy) is 2. The Bertz CT molecular complexity index is 1790. The molecule has 0 radical (unpaired) electrons. The number of aryl methyl sites for hydroxylation is 1. The van der Waals surface area contributed by atoms with E-state index in [0.717, 1.165) is 59.6 Å². The minimum Gasteiger partial charge on any atom is -0.497 e. The summed E-state index contributed by atoms with van der Waals surface area (Å²) in [5, 5.41) is 13.0. The first kappa shape index (κ1) is 28.8. The molecule has 1 amide bonds. The molecule has 9 nitrogen and oxygen atoms in total. The van der Waals surface area contributed by atoms with Gasteiger partial charge >= 0.3 is 5.97 Å². The van der Waals surface area contributed by atoms with Crippen LogP contribution in [-0.4, -0.2) is 48.8 Å². The summed E-state index contributed by atoms with van der Waals surface area (Å²) >= 11 is 0. The van der Waals surface area contributed by atoms with Gasteiger partial charge in [-0.3, -0.25) is 4.79 Å². The van der Waals surface area contributed by atoms with Gasteiger partial charge in [0.05, 0.1) is 31.2 Å². The zero-order valence-corrected chi connectivity index (χ0v) is 24.6. The van der Waals surface area contributed by atoms with Crippen LogP contribution in [0.5, 0.6) is 11.5 Å². The molecule has 3 heterocycles. The summed E-state index contributed by atoms with van der Waals surface area (Å²) in [5.41, 5.74) is 4.31. The number of nitrogens with zero attached hydrogens (tertiary/aromatic N) is 2. The molecule has 1 fully saturated rings. The molecule has 2 N–H and O–H groups in total. The lowest BCUT2D eigenvalue weighted by Crippen LogP contribution is -2.36. The fourth-order valence-corrected chi connectivity index (χ4v) is 5.50. The van der Waals surface area contributed by atoms with Crippen LogP contribution >= 0.6 is 0 Å². The topological polar surface area (TPSA) is 114 Å². The van der Waals surface area contributed by atoms with Crippen LogP contribution in [0.15, 0.2) is 89.5 Å². The van der Waals surface area contributed by atoms with Gasteiger partial charge in [-0.15, -0.1) is 0 Å². The molecule has 1 saturated heterocycles. The van der Waals surface area contributed by atoms with Gasteiger partial charge in [0.1, 0.15) is 22.9 Å². The van der Waals surface area contributed by atoms with Crippen molar-refractivity contribution in [3.63, 3.8) is 0 Å². The van der Waals surface area contributed by atoms with Gasteiger partial charge in [0.25, 0.3) is 5.91 Å². The average Bonchev–Trinajstić information content (AvgIpc) is 3.40. The highest BCUT2D eigenvalue weighted by Crippen LogP contribution is 2.32. The largest absolute Gasteiger partial charge is 0.497 e. The van der Waals surface area contributed by atoms with E-state index in [1.165, 1.54) is 0 Å². The molecule has 224 valence electrons. The molecular formula is C35H33N3O6. The number of amides is 1. The SMILES string of the molecule is COc1ccc(-c2ccc3oc(C(=O)Nc4ccc(N5CCC(COc6cccc(C(=O)O)c6)CC5)nc4)c(C)c3c2)cc1. The molecule has 3 aromatic carbocycles. The van der Waals surface area contributed by atoms with Gasteiger partial charge in [0.15, 0.2) is 5.76 Å². The number of benzene rings is 3. The number of aromatic carboxylic acids is 1. The standard InChI is InChI=1S/C35H33N3O6/c1-22-30-19-25(24-6-10-28(42-2)11-7-24)8-12-31(30)44-33(22)34(39)37-27-9-13-32(36-20-27)38-16-14-23(15-17-38)21-43-29-5-3-4-26(18-29)35(40)41/h3-13,18-20,23H,14-17,21H2,1-2H3,(H,37,39)(H,40,41). The number of anilines is 2. The van der Waals surface area contributed by atoms with E-state index in [2.05, 4.69) is 15.2 Å². The molecule has 0 unspecified atom stereocenters. The van der Waals surface area contributed by atoms with Gasteiger partial charge in [-0.25, -0.2) is 9.78 Å². The number of piperidine rings is 1. The Hall–Kier alpha value is -5.31. The maximum atomic E-state index is 13.2. The Labute approximate surface area is 255 Å². The van der Waals surface area contributed by atoms with Gasteiger partial charge in [-0.05, 0) is 91.4 Å². The third-order valence-electron chi connectivity index (χ3n) is 8.08. The molecule has 0 atom stereocenters. The number of carboxylic acid groups (broad SMARTS) is 1. The fourth-order valence-electron chi connectivity index (χ4n) is 5.50. The summed E-state index contributed by atoms with van der Waals surface area (Å²) < 4.78 is 17.1. The molecule has 1 aliphatic heterocycles. The molecule has 0 spiro atoms. The molecule has 5 aromatic rings. The van der Waals surface area contributed by atoms with Crippen LogP contribution in [-0.2, 0) is 0 Å². The highest BCUT2D eigenvalue weighted by molar-refractivity contribution is 6.06. The summed E-state index contributed by atoms with van der Waals surface area (Å²) in [6.07, 6.45) is 3.53. The zero-order chi connectivity index (χ0) is 30.6. The average molecular weight is 592 g/mol. The van der Waals surface area contributed by atoms with Crippen LogP contribution in [0.3, 0.4) is 0 Å². The van der Waals surface area contributed by atoms with Crippen molar-refractivity contribution < 1.29 is 28.6 Å². The smallest absolute Gasteiger partial charge is 0.335 e. The molecular weight excluding hydrogens is 558 g/mol. The molecule has 0 bridgehead atoms. The van der Waals surface area contributed by atoms with E-state index in [1.807, 2.05) is 61.5 Å². The summed E-state index contributed by atoms with van der Waals surface area (Å²) in [4.78, 5) is 31.2. The predicted octanol–water partition coefficient (Wildman–Crippen LogP) is 7.06. The monoisotopic (exact) mass is 591 g/mol. The molecule has 44 heavy (non-hydrogen) atoms. The quantitative estimate of drug-likeness (QED) is 0.187. The van der Waals surface area contributed by atoms with Crippen LogP contribution in [0.4, 0.5) is 11.5 Å². The Kier molecular flexibility index (Phi) is 8.18. The highest BCUT2D eigenvalue weighted by Gasteiger charge is 2.22. The number of aromatic nitrogens is 1. The number of carbonyl (C=O) groups is 2. The van der Waals surface area contributed by atoms with E-state index < -0.39 is 5.97 Å². The number of methoxy groups -OCH3 is 1. The lowest BCUT2D eigenvalue weighted by molar-refractivity contribution is 0.0696. The number of hydrogen-bond donors (Lipinski definition) is 2. The fraction of sp³-hybridized carbons (Fsp3) is 0.229.